The molecular weight excluding hydrogens is 381 g/mol. The molecule has 2 aromatic carbocycles. The third kappa shape index (κ3) is 4.58. The van der Waals surface area contributed by atoms with Gasteiger partial charge in [0, 0.05) is 29.4 Å². The molecule has 5 nitrogen and oxygen atoms in total. The SMILES string of the molecule is COc1cc(Cl)c(C)cc1NC(=O)c1ccc(NCc2ccccc2F)nc1. The van der Waals surface area contributed by atoms with Crippen LogP contribution in [0.4, 0.5) is 15.9 Å². The lowest BCUT2D eigenvalue weighted by molar-refractivity contribution is 0.102. The number of carbonyl (C=O) groups excluding carboxylic acids is 1. The van der Waals surface area contributed by atoms with Gasteiger partial charge in [-0.3, -0.25) is 4.79 Å². The normalized spacial score (nSPS) is 10.4. The highest BCUT2D eigenvalue weighted by Crippen LogP contribution is 2.31. The summed E-state index contributed by atoms with van der Waals surface area (Å²) in [6.07, 6.45) is 1.45. The van der Waals surface area contributed by atoms with Crippen LogP contribution < -0.4 is 15.4 Å². The Balaban J connectivity index is 1.67. The van der Waals surface area contributed by atoms with Crippen molar-refractivity contribution in [2.24, 2.45) is 0 Å². The van der Waals surface area contributed by atoms with Crippen molar-refractivity contribution in [1.82, 2.24) is 4.98 Å². The number of nitrogens with zero attached hydrogens (tertiary/aromatic N) is 1. The molecule has 0 saturated heterocycles. The fourth-order valence-corrected chi connectivity index (χ4v) is 2.74. The second-order valence-electron chi connectivity index (χ2n) is 6.13. The molecule has 0 fully saturated rings. The van der Waals surface area contributed by atoms with Gasteiger partial charge >= 0.3 is 0 Å². The Kier molecular flexibility index (Phi) is 6.11. The molecule has 1 heterocycles. The minimum atomic E-state index is -0.326. The number of methoxy groups -OCH3 is 1. The van der Waals surface area contributed by atoms with E-state index in [1.165, 1.54) is 19.4 Å². The third-order valence-electron chi connectivity index (χ3n) is 4.17. The molecule has 3 aromatic rings. The maximum absolute atomic E-state index is 13.7. The van der Waals surface area contributed by atoms with E-state index in [1.807, 2.05) is 6.92 Å². The number of anilines is 2. The number of pyridine rings is 1. The van der Waals surface area contributed by atoms with Gasteiger partial charge < -0.3 is 15.4 Å². The number of carbonyl (C=O) groups is 1. The number of amides is 1. The third-order valence-corrected chi connectivity index (χ3v) is 4.58. The van der Waals surface area contributed by atoms with E-state index in [0.717, 1.165) is 5.56 Å². The van der Waals surface area contributed by atoms with Crippen molar-refractivity contribution in [3.8, 4) is 5.75 Å². The number of rotatable bonds is 6. The number of benzene rings is 2. The van der Waals surface area contributed by atoms with Crippen molar-refractivity contribution in [2.75, 3.05) is 17.7 Å². The predicted octanol–water partition coefficient (Wildman–Crippen LogP) is 5.06. The van der Waals surface area contributed by atoms with Gasteiger partial charge in [0.05, 0.1) is 18.4 Å². The molecule has 144 valence electrons. The highest BCUT2D eigenvalue weighted by Gasteiger charge is 2.12. The Morgan fingerprint density at radius 1 is 1.21 bits per heavy atom. The maximum Gasteiger partial charge on any atom is 0.257 e. The molecule has 0 atom stereocenters. The molecule has 3 rings (SSSR count). The van der Waals surface area contributed by atoms with Crippen LogP contribution in [0.1, 0.15) is 21.5 Å². The van der Waals surface area contributed by atoms with Gasteiger partial charge in [0.1, 0.15) is 17.4 Å². The van der Waals surface area contributed by atoms with E-state index in [1.54, 1.807) is 42.5 Å². The second kappa shape index (κ2) is 8.71. The lowest BCUT2D eigenvalue weighted by atomic mass is 10.2. The van der Waals surface area contributed by atoms with Gasteiger partial charge in [-0.15, -0.1) is 0 Å². The lowest BCUT2D eigenvalue weighted by Crippen LogP contribution is -2.13. The maximum atomic E-state index is 13.7. The quantitative estimate of drug-likeness (QED) is 0.608. The van der Waals surface area contributed by atoms with Gasteiger partial charge in [-0.2, -0.15) is 0 Å². The van der Waals surface area contributed by atoms with Crippen molar-refractivity contribution in [1.29, 1.82) is 0 Å². The van der Waals surface area contributed by atoms with Crippen molar-refractivity contribution in [2.45, 2.75) is 13.5 Å². The summed E-state index contributed by atoms with van der Waals surface area (Å²) < 4.78 is 18.9. The lowest BCUT2D eigenvalue weighted by Gasteiger charge is -2.12. The molecule has 28 heavy (non-hydrogen) atoms. The first-order valence-corrected chi connectivity index (χ1v) is 8.94. The molecule has 1 amide bonds. The van der Waals surface area contributed by atoms with Gasteiger partial charge in [0.2, 0.25) is 0 Å². The minimum Gasteiger partial charge on any atom is -0.495 e. The Labute approximate surface area is 167 Å². The highest BCUT2D eigenvalue weighted by molar-refractivity contribution is 6.31. The standard InChI is InChI=1S/C21H19ClFN3O2/c1-13-9-18(19(28-2)10-16(13)22)26-21(27)15-7-8-20(25-12-15)24-11-14-5-3-4-6-17(14)23/h3-10,12H,11H2,1-2H3,(H,24,25)(H,26,27). The van der Waals surface area contributed by atoms with Crippen LogP contribution in [0.25, 0.3) is 0 Å². The molecule has 0 aliphatic heterocycles. The summed E-state index contributed by atoms with van der Waals surface area (Å²) in [5, 5.41) is 6.39. The summed E-state index contributed by atoms with van der Waals surface area (Å²) in [5.74, 6) is 0.409. The molecule has 2 N–H and O–H groups in total. The number of aryl methyl sites for hydroxylation is 1. The monoisotopic (exact) mass is 399 g/mol. The number of aromatic nitrogens is 1. The average Bonchev–Trinajstić information content (AvgIpc) is 2.70. The average molecular weight is 400 g/mol. The van der Waals surface area contributed by atoms with Crippen LogP contribution in [-0.2, 0) is 6.54 Å². The van der Waals surface area contributed by atoms with E-state index in [9.17, 15) is 9.18 Å². The van der Waals surface area contributed by atoms with Crippen LogP contribution in [0.15, 0.2) is 54.7 Å². The first kappa shape index (κ1) is 19.6. The first-order valence-electron chi connectivity index (χ1n) is 8.56. The summed E-state index contributed by atoms with van der Waals surface area (Å²) in [6, 6.07) is 13.2. The number of hydrogen-bond donors (Lipinski definition) is 2. The molecular formula is C21H19ClFN3O2. The molecule has 0 aliphatic carbocycles. The topological polar surface area (TPSA) is 63.2 Å². The zero-order valence-electron chi connectivity index (χ0n) is 15.4. The molecule has 0 aliphatic rings. The van der Waals surface area contributed by atoms with Crippen molar-refractivity contribution in [3.63, 3.8) is 0 Å². The molecule has 0 saturated carbocycles. The van der Waals surface area contributed by atoms with E-state index in [0.29, 0.717) is 39.9 Å². The minimum absolute atomic E-state index is 0.279. The van der Waals surface area contributed by atoms with E-state index in [2.05, 4.69) is 15.6 Å². The van der Waals surface area contributed by atoms with Gasteiger partial charge in [0.25, 0.3) is 5.91 Å². The first-order chi connectivity index (χ1) is 13.5. The second-order valence-corrected chi connectivity index (χ2v) is 6.54. The van der Waals surface area contributed by atoms with E-state index in [-0.39, 0.29) is 11.7 Å². The van der Waals surface area contributed by atoms with Gasteiger partial charge in [-0.25, -0.2) is 9.37 Å². The fraction of sp³-hybridized carbons (Fsp3) is 0.143. The Hall–Kier alpha value is -3.12. The zero-order valence-corrected chi connectivity index (χ0v) is 16.2. The zero-order chi connectivity index (χ0) is 20.1. The van der Waals surface area contributed by atoms with Gasteiger partial charge in [-0.05, 0) is 36.8 Å². The molecule has 0 radical (unpaired) electrons. The summed E-state index contributed by atoms with van der Waals surface area (Å²) in [6.45, 7) is 2.14. The highest BCUT2D eigenvalue weighted by atomic mass is 35.5. The Morgan fingerprint density at radius 2 is 2.00 bits per heavy atom. The van der Waals surface area contributed by atoms with Crippen LogP contribution in [0, 0.1) is 12.7 Å². The summed E-state index contributed by atoms with van der Waals surface area (Å²) in [4.78, 5) is 16.7. The van der Waals surface area contributed by atoms with Crippen LogP contribution in [0.3, 0.4) is 0 Å². The van der Waals surface area contributed by atoms with Gasteiger partial charge in [0.15, 0.2) is 0 Å². The van der Waals surface area contributed by atoms with Crippen LogP contribution in [-0.4, -0.2) is 18.0 Å². The van der Waals surface area contributed by atoms with E-state index < -0.39 is 0 Å². The predicted molar refractivity (Wildman–Crippen MR) is 109 cm³/mol. The Bertz CT molecular complexity index is 993. The molecule has 7 heteroatoms. The number of nitrogens with one attached hydrogen (secondary N) is 2. The van der Waals surface area contributed by atoms with E-state index in [4.69, 9.17) is 16.3 Å². The molecule has 0 spiro atoms. The molecule has 1 aromatic heterocycles. The summed E-state index contributed by atoms with van der Waals surface area (Å²) in [7, 11) is 1.51. The number of halogens is 2. The van der Waals surface area contributed by atoms with Crippen LogP contribution >= 0.6 is 11.6 Å². The van der Waals surface area contributed by atoms with Crippen molar-refractivity contribution < 1.29 is 13.9 Å². The Morgan fingerprint density at radius 3 is 2.68 bits per heavy atom. The summed E-state index contributed by atoms with van der Waals surface area (Å²) in [5.41, 5.74) is 2.27. The van der Waals surface area contributed by atoms with Crippen LogP contribution in [0.2, 0.25) is 5.02 Å². The van der Waals surface area contributed by atoms with Crippen molar-refractivity contribution in [3.05, 3.63) is 82.3 Å². The van der Waals surface area contributed by atoms with Crippen LogP contribution in [0.5, 0.6) is 5.75 Å². The molecule has 0 bridgehead atoms. The fourth-order valence-electron chi connectivity index (χ4n) is 2.58. The van der Waals surface area contributed by atoms with Crippen molar-refractivity contribution >= 4 is 29.0 Å². The molecule has 0 unspecified atom stereocenters. The number of hydrogen-bond acceptors (Lipinski definition) is 4. The smallest absolute Gasteiger partial charge is 0.257 e. The summed E-state index contributed by atoms with van der Waals surface area (Å²) >= 11 is 6.09. The van der Waals surface area contributed by atoms with E-state index >= 15 is 0 Å². The largest absolute Gasteiger partial charge is 0.495 e. The van der Waals surface area contributed by atoms with Gasteiger partial charge in [-0.1, -0.05) is 29.8 Å². The number of ether oxygens (including phenoxy) is 1.